The zero-order chi connectivity index (χ0) is 6.62. The van der Waals surface area contributed by atoms with Crippen molar-refractivity contribution in [3.05, 3.63) is 0 Å². The minimum atomic E-state index is -2.20. The van der Waals surface area contributed by atoms with E-state index in [-0.39, 0.29) is 0 Å². The van der Waals surface area contributed by atoms with Gasteiger partial charge < -0.3 is 8.85 Å². The van der Waals surface area contributed by atoms with Gasteiger partial charge in [0, 0.05) is 20.3 Å². The fourth-order valence-corrected chi connectivity index (χ4v) is 1.12. The van der Waals surface area contributed by atoms with Crippen LogP contribution in [0.1, 0.15) is 6.92 Å². The van der Waals surface area contributed by atoms with E-state index in [1.54, 1.807) is 14.2 Å². The summed E-state index contributed by atoms with van der Waals surface area (Å²) in [6.45, 7) is 1.95. The van der Waals surface area contributed by atoms with Crippen LogP contribution in [0.3, 0.4) is 0 Å². The molecule has 0 amide bonds. The van der Waals surface area contributed by atoms with Crippen LogP contribution in [0.15, 0.2) is 0 Å². The summed E-state index contributed by atoms with van der Waals surface area (Å²) in [6.07, 6.45) is 0. The third-order valence-corrected chi connectivity index (χ3v) is 4.82. The second kappa shape index (κ2) is 3.45. The molecule has 0 radical (unpaired) electrons. The molecule has 0 N–H and O–H groups in total. The third kappa shape index (κ3) is 2.13. The van der Waals surface area contributed by atoms with Crippen molar-refractivity contribution < 1.29 is 8.85 Å². The van der Waals surface area contributed by atoms with E-state index in [9.17, 15) is 0 Å². The molecule has 0 aliphatic heterocycles. The van der Waals surface area contributed by atoms with E-state index in [0.717, 1.165) is 6.04 Å². The Bertz CT molecular complexity index is 56.8. The van der Waals surface area contributed by atoms with Crippen LogP contribution in [0.5, 0.6) is 0 Å². The first kappa shape index (κ1) is 8.43. The lowest BCUT2D eigenvalue weighted by Gasteiger charge is -2.16. The van der Waals surface area contributed by atoms with Gasteiger partial charge in [-0.2, -0.15) is 0 Å². The topological polar surface area (TPSA) is 18.5 Å². The molecule has 0 bridgehead atoms. The summed E-state index contributed by atoms with van der Waals surface area (Å²) in [5.74, 6) is 0. The highest BCUT2D eigenvalue weighted by molar-refractivity contribution is 7.12. The normalized spacial score (nSPS) is 12.0. The maximum Gasteiger partial charge on any atom is 0.442 e. The Balaban J connectivity index is 3.58. The second-order valence-corrected chi connectivity index (χ2v) is 5.99. The van der Waals surface area contributed by atoms with Crippen LogP contribution in [-0.2, 0) is 8.85 Å². The second-order valence-electron chi connectivity index (χ2n) is 1.42. The smallest absolute Gasteiger partial charge is 0.386 e. The fraction of sp³-hybridized carbons (Fsp3) is 1.00. The summed E-state index contributed by atoms with van der Waals surface area (Å²) in [5.41, 5.74) is 0. The highest BCUT2D eigenvalue weighted by Crippen LogP contribution is 2.14. The summed E-state index contributed by atoms with van der Waals surface area (Å²) in [7, 11) is 0.952. The largest absolute Gasteiger partial charge is 0.442 e. The van der Waals surface area contributed by atoms with Crippen molar-refractivity contribution in [1.29, 1.82) is 0 Å². The van der Waals surface area contributed by atoms with Gasteiger partial charge in [0.15, 0.2) is 0 Å². The molecule has 0 fully saturated rings. The van der Waals surface area contributed by atoms with Crippen LogP contribution in [0, 0.1) is 0 Å². The molecular formula is C4H11ClO2Si. The summed E-state index contributed by atoms with van der Waals surface area (Å²) < 4.78 is 9.84. The summed E-state index contributed by atoms with van der Waals surface area (Å²) in [6, 6.07) is 0.779. The molecule has 0 aromatic carbocycles. The van der Waals surface area contributed by atoms with Gasteiger partial charge in [-0.1, -0.05) is 18.0 Å². The van der Waals surface area contributed by atoms with Crippen molar-refractivity contribution in [2.45, 2.75) is 13.0 Å². The average molecular weight is 155 g/mol. The quantitative estimate of drug-likeness (QED) is 0.453. The van der Waals surface area contributed by atoms with E-state index in [1.807, 2.05) is 6.92 Å². The van der Waals surface area contributed by atoms with Crippen molar-refractivity contribution in [3.8, 4) is 0 Å². The van der Waals surface area contributed by atoms with Gasteiger partial charge in [-0.3, -0.25) is 0 Å². The van der Waals surface area contributed by atoms with Gasteiger partial charge in [-0.05, 0) is 0 Å². The lowest BCUT2D eigenvalue weighted by atomic mass is 11.0. The Hall–Kier alpha value is 0.427. The molecule has 0 aliphatic carbocycles. The lowest BCUT2D eigenvalue weighted by molar-refractivity contribution is 0.267. The fourth-order valence-electron chi connectivity index (χ4n) is 0.372. The molecular weight excluding hydrogens is 144 g/mol. The Labute approximate surface area is 55.7 Å². The summed E-state index contributed by atoms with van der Waals surface area (Å²) in [5, 5.41) is 0. The molecule has 50 valence electrons. The van der Waals surface area contributed by atoms with E-state index in [0.29, 0.717) is 0 Å². The maximum absolute atomic E-state index is 5.79. The molecule has 0 atom stereocenters. The van der Waals surface area contributed by atoms with Crippen LogP contribution >= 0.6 is 11.1 Å². The van der Waals surface area contributed by atoms with E-state index < -0.39 is 7.87 Å². The van der Waals surface area contributed by atoms with Crippen molar-refractivity contribution in [2.24, 2.45) is 0 Å². The highest BCUT2D eigenvalue weighted by Gasteiger charge is 2.29. The standard InChI is InChI=1S/C4H11ClO2Si/c1-4-8(5,6-2)7-3/h4H2,1-3H3. The van der Waals surface area contributed by atoms with Crippen molar-refractivity contribution >= 4 is 18.9 Å². The van der Waals surface area contributed by atoms with E-state index in [4.69, 9.17) is 19.9 Å². The molecule has 0 saturated heterocycles. The van der Waals surface area contributed by atoms with Crippen molar-refractivity contribution in [1.82, 2.24) is 0 Å². The predicted molar refractivity (Wildman–Crippen MR) is 36.1 cm³/mol. The van der Waals surface area contributed by atoms with Crippen LogP contribution < -0.4 is 0 Å². The monoisotopic (exact) mass is 154 g/mol. The lowest BCUT2D eigenvalue weighted by Crippen LogP contribution is -2.31. The molecule has 0 spiro atoms. The number of hydrogen-bond donors (Lipinski definition) is 0. The number of hydrogen-bond acceptors (Lipinski definition) is 2. The Morgan fingerprint density at radius 2 is 1.75 bits per heavy atom. The minimum Gasteiger partial charge on any atom is -0.386 e. The van der Waals surface area contributed by atoms with Gasteiger partial charge in [0.05, 0.1) is 0 Å². The molecule has 0 saturated carbocycles. The minimum absolute atomic E-state index is 0.779. The SMILES string of the molecule is CC[Si](Cl)(OC)OC. The van der Waals surface area contributed by atoms with Crippen LogP contribution in [0.2, 0.25) is 6.04 Å². The van der Waals surface area contributed by atoms with Crippen LogP contribution in [-0.4, -0.2) is 22.1 Å². The van der Waals surface area contributed by atoms with Gasteiger partial charge in [-0.15, -0.1) is 0 Å². The van der Waals surface area contributed by atoms with Gasteiger partial charge >= 0.3 is 7.87 Å². The van der Waals surface area contributed by atoms with Gasteiger partial charge in [0.1, 0.15) is 0 Å². The van der Waals surface area contributed by atoms with E-state index in [2.05, 4.69) is 0 Å². The molecule has 0 aliphatic rings. The molecule has 0 rings (SSSR count). The molecule has 0 aromatic rings. The third-order valence-electron chi connectivity index (χ3n) is 1.03. The maximum atomic E-state index is 5.79. The molecule has 4 heteroatoms. The van der Waals surface area contributed by atoms with Crippen molar-refractivity contribution in [3.63, 3.8) is 0 Å². The van der Waals surface area contributed by atoms with Crippen LogP contribution in [0.25, 0.3) is 0 Å². The molecule has 0 heterocycles. The molecule has 8 heavy (non-hydrogen) atoms. The Kier molecular flexibility index (Phi) is 3.64. The van der Waals surface area contributed by atoms with E-state index >= 15 is 0 Å². The van der Waals surface area contributed by atoms with Gasteiger partial charge in [-0.25, -0.2) is 0 Å². The Morgan fingerprint density at radius 1 is 1.38 bits per heavy atom. The first-order chi connectivity index (χ1) is 3.68. The van der Waals surface area contributed by atoms with Crippen molar-refractivity contribution in [2.75, 3.05) is 14.2 Å². The first-order valence-electron chi connectivity index (χ1n) is 2.47. The molecule has 0 aromatic heterocycles. The zero-order valence-corrected chi connectivity index (χ0v) is 7.16. The van der Waals surface area contributed by atoms with E-state index in [1.165, 1.54) is 0 Å². The number of halogens is 1. The first-order valence-corrected chi connectivity index (χ1v) is 5.51. The Morgan fingerprint density at radius 3 is 1.75 bits per heavy atom. The van der Waals surface area contributed by atoms with Gasteiger partial charge in [0.25, 0.3) is 0 Å². The number of rotatable bonds is 3. The average Bonchev–Trinajstić information content (AvgIpc) is 1.87. The molecule has 0 unspecified atom stereocenters. The highest BCUT2D eigenvalue weighted by atomic mass is 35.6. The zero-order valence-electron chi connectivity index (χ0n) is 5.40. The molecule has 2 nitrogen and oxygen atoms in total. The summed E-state index contributed by atoms with van der Waals surface area (Å²) >= 11 is 5.79. The summed E-state index contributed by atoms with van der Waals surface area (Å²) in [4.78, 5) is 0. The van der Waals surface area contributed by atoms with Crippen LogP contribution in [0.4, 0.5) is 0 Å². The predicted octanol–water partition coefficient (Wildman–Crippen LogP) is 1.48. The van der Waals surface area contributed by atoms with Gasteiger partial charge in [0.2, 0.25) is 0 Å².